The van der Waals surface area contributed by atoms with Gasteiger partial charge in [0.15, 0.2) is 6.10 Å². The van der Waals surface area contributed by atoms with Crippen molar-refractivity contribution >= 4 is 17.9 Å². The van der Waals surface area contributed by atoms with E-state index in [1.165, 1.54) is 148 Å². The van der Waals surface area contributed by atoms with Gasteiger partial charge in [0.25, 0.3) is 0 Å². The SMILES string of the molecule is CC/C=C\C/C=C\C/C=C\C/C=C\C/C=C\CCCCCC(=O)OC(COC(=O)CCCCCCC/C=C\CCCCC)COC(=O)CCCCCCCCCCCCCCCCCCCCCC/C=C\C/C=C\C/C=C\C/C=C\CC. The Balaban J connectivity index is 4.20. The van der Waals surface area contributed by atoms with E-state index in [2.05, 4.69) is 142 Å². The van der Waals surface area contributed by atoms with Gasteiger partial charge in [-0.2, -0.15) is 0 Å². The van der Waals surface area contributed by atoms with Gasteiger partial charge in [0.05, 0.1) is 0 Å². The smallest absolute Gasteiger partial charge is 0.306 e. The molecule has 0 rings (SSSR count). The summed E-state index contributed by atoms with van der Waals surface area (Å²) in [5, 5.41) is 0. The van der Waals surface area contributed by atoms with E-state index in [0.717, 1.165) is 135 Å². The molecule has 0 aromatic rings. The van der Waals surface area contributed by atoms with Gasteiger partial charge in [-0.15, -0.1) is 0 Å². The van der Waals surface area contributed by atoms with Gasteiger partial charge in [-0.1, -0.05) is 296 Å². The van der Waals surface area contributed by atoms with E-state index >= 15 is 0 Å². The highest BCUT2D eigenvalue weighted by Gasteiger charge is 2.19. The lowest BCUT2D eigenvalue weighted by Gasteiger charge is -2.18. The molecular weight excluding hydrogens is 1010 g/mol. The number of unbranched alkanes of at least 4 members (excludes halogenated alkanes) is 31. The summed E-state index contributed by atoms with van der Waals surface area (Å²) >= 11 is 0. The highest BCUT2D eigenvalue weighted by molar-refractivity contribution is 5.71. The molecule has 1 atom stereocenters. The Kier molecular flexibility index (Phi) is 65.8. The molecule has 82 heavy (non-hydrogen) atoms. The summed E-state index contributed by atoms with van der Waals surface area (Å²) in [4.78, 5) is 38.3. The van der Waals surface area contributed by atoms with E-state index in [9.17, 15) is 14.4 Å². The van der Waals surface area contributed by atoms with Crippen LogP contribution >= 0.6 is 0 Å². The molecule has 6 heteroatoms. The number of hydrogen-bond acceptors (Lipinski definition) is 6. The van der Waals surface area contributed by atoms with Crippen molar-refractivity contribution in [3.05, 3.63) is 122 Å². The maximum absolute atomic E-state index is 12.9. The lowest BCUT2D eigenvalue weighted by Crippen LogP contribution is -2.30. The van der Waals surface area contributed by atoms with E-state index in [0.29, 0.717) is 12.8 Å². The number of ether oxygens (including phenoxy) is 3. The van der Waals surface area contributed by atoms with Crippen LogP contribution < -0.4 is 0 Å². The number of carbonyl (C=O) groups is 3. The predicted molar refractivity (Wildman–Crippen MR) is 357 cm³/mol. The van der Waals surface area contributed by atoms with Gasteiger partial charge in [0.1, 0.15) is 13.2 Å². The first-order valence-corrected chi connectivity index (χ1v) is 34.5. The Morgan fingerprint density at radius 2 is 0.476 bits per heavy atom. The van der Waals surface area contributed by atoms with Crippen LogP contribution in [0.15, 0.2) is 122 Å². The molecular formula is C76H128O6. The quantitative estimate of drug-likeness (QED) is 0.0261. The van der Waals surface area contributed by atoms with Crippen LogP contribution in [-0.4, -0.2) is 37.2 Å². The van der Waals surface area contributed by atoms with Crippen molar-refractivity contribution in [3.63, 3.8) is 0 Å². The van der Waals surface area contributed by atoms with Crippen molar-refractivity contribution in [2.75, 3.05) is 13.2 Å². The summed E-state index contributed by atoms with van der Waals surface area (Å²) in [7, 11) is 0. The first-order valence-electron chi connectivity index (χ1n) is 34.5. The second kappa shape index (κ2) is 69.3. The largest absolute Gasteiger partial charge is 0.462 e. The average molecular weight is 1140 g/mol. The molecule has 0 aliphatic carbocycles. The molecule has 0 heterocycles. The average Bonchev–Trinajstić information content (AvgIpc) is 3.47. The fraction of sp³-hybridized carbons (Fsp3) is 0.697. The molecule has 0 aromatic heterocycles. The summed E-state index contributed by atoms with van der Waals surface area (Å²) in [6, 6.07) is 0. The Morgan fingerprint density at radius 1 is 0.256 bits per heavy atom. The number of rotatable bonds is 62. The van der Waals surface area contributed by atoms with Crippen LogP contribution in [0.5, 0.6) is 0 Å². The van der Waals surface area contributed by atoms with Gasteiger partial charge in [-0.25, -0.2) is 0 Å². The molecule has 468 valence electrons. The molecule has 0 saturated carbocycles. The van der Waals surface area contributed by atoms with Gasteiger partial charge in [-0.05, 0) is 128 Å². The highest BCUT2D eigenvalue weighted by atomic mass is 16.6. The van der Waals surface area contributed by atoms with Crippen LogP contribution in [0.4, 0.5) is 0 Å². The van der Waals surface area contributed by atoms with Crippen LogP contribution in [-0.2, 0) is 28.6 Å². The molecule has 6 nitrogen and oxygen atoms in total. The Labute approximate surface area is 507 Å². The maximum Gasteiger partial charge on any atom is 0.306 e. The third kappa shape index (κ3) is 66.6. The maximum atomic E-state index is 12.9. The van der Waals surface area contributed by atoms with Crippen LogP contribution in [0.25, 0.3) is 0 Å². The van der Waals surface area contributed by atoms with E-state index in [-0.39, 0.29) is 37.5 Å². The van der Waals surface area contributed by atoms with Crippen LogP contribution in [0.2, 0.25) is 0 Å². The monoisotopic (exact) mass is 1140 g/mol. The van der Waals surface area contributed by atoms with E-state index in [1.54, 1.807) is 0 Å². The summed E-state index contributed by atoms with van der Waals surface area (Å²) in [6.45, 7) is 6.38. The first-order chi connectivity index (χ1) is 40.5. The Bertz CT molecular complexity index is 1690. The second-order valence-electron chi connectivity index (χ2n) is 22.7. The minimum absolute atomic E-state index is 0.0930. The number of esters is 3. The van der Waals surface area contributed by atoms with Crippen molar-refractivity contribution in [1.82, 2.24) is 0 Å². The summed E-state index contributed by atoms with van der Waals surface area (Å²) < 4.78 is 16.9. The van der Waals surface area contributed by atoms with E-state index in [1.807, 2.05) is 0 Å². The van der Waals surface area contributed by atoms with Crippen molar-refractivity contribution in [1.29, 1.82) is 0 Å². The number of hydrogen-bond donors (Lipinski definition) is 0. The minimum Gasteiger partial charge on any atom is -0.462 e. The summed E-state index contributed by atoms with van der Waals surface area (Å²) in [5.41, 5.74) is 0. The van der Waals surface area contributed by atoms with E-state index < -0.39 is 6.10 Å². The second-order valence-corrected chi connectivity index (χ2v) is 22.7. The third-order valence-corrected chi connectivity index (χ3v) is 14.7. The standard InChI is InChI=1S/C76H128O6/c1-4-7-10-13-16-19-22-25-27-29-31-32-33-34-35-36-37-38-39-40-41-42-43-44-46-47-49-51-54-57-60-63-66-69-75(78)81-72-73(71-80-74(77)68-65-62-59-56-53-24-21-18-15-12-9-6-3)82-76(79)70-67-64-61-58-55-52-50-48-45-30-28-26-23-20-17-14-11-8-5-2/h7-8,10-11,16-21,25-28,31-32,45,48,52,55,73H,4-6,9,12-15,22-24,29-30,33-44,46-47,49-51,53-54,56-72H2,1-3H3/b10-7-,11-8-,19-16-,20-17-,21-18-,27-25-,28-26-,32-31-,48-45-,55-52-. The van der Waals surface area contributed by atoms with Crippen LogP contribution in [0.1, 0.15) is 323 Å². The van der Waals surface area contributed by atoms with Crippen molar-refractivity contribution < 1.29 is 28.6 Å². The fourth-order valence-electron chi connectivity index (χ4n) is 9.57. The number of carbonyl (C=O) groups excluding carboxylic acids is 3. The molecule has 0 saturated heterocycles. The fourth-order valence-corrected chi connectivity index (χ4v) is 9.57. The molecule has 0 spiro atoms. The summed E-state index contributed by atoms with van der Waals surface area (Å²) in [5.74, 6) is -0.925. The van der Waals surface area contributed by atoms with Gasteiger partial charge in [-0.3, -0.25) is 14.4 Å². The van der Waals surface area contributed by atoms with Crippen LogP contribution in [0, 0.1) is 0 Å². The van der Waals surface area contributed by atoms with Crippen molar-refractivity contribution in [3.8, 4) is 0 Å². The summed E-state index contributed by atoms with van der Waals surface area (Å²) in [6.07, 6.45) is 96.7. The molecule has 0 amide bonds. The predicted octanol–water partition coefficient (Wildman–Crippen LogP) is 23.9. The molecule has 0 radical (unpaired) electrons. The molecule has 0 N–H and O–H groups in total. The zero-order valence-electron chi connectivity index (χ0n) is 53.7. The minimum atomic E-state index is -0.800. The number of allylic oxidation sites excluding steroid dienone is 20. The van der Waals surface area contributed by atoms with Gasteiger partial charge in [0, 0.05) is 19.3 Å². The lowest BCUT2D eigenvalue weighted by molar-refractivity contribution is -0.167. The van der Waals surface area contributed by atoms with Gasteiger partial charge >= 0.3 is 17.9 Å². The molecule has 0 aromatic carbocycles. The Morgan fingerprint density at radius 3 is 0.768 bits per heavy atom. The topological polar surface area (TPSA) is 78.9 Å². The van der Waals surface area contributed by atoms with Gasteiger partial charge in [0.2, 0.25) is 0 Å². The molecule has 0 fully saturated rings. The zero-order valence-corrected chi connectivity index (χ0v) is 53.7. The van der Waals surface area contributed by atoms with E-state index in [4.69, 9.17) is 14.2 Å². The molecule has 1 unspecified atom stereocenters. The molecule has 0 aliphatic heterocycles. The third-order valence-electron chi connectivity index (χ3n) is 14.7. The first kappa shape index (κ1) is 77.8. The van der Waals surface area contributed by atoms with Crippen molar-refractivity contribution in [2.45, 2.75) is 329 Å². The zero-order chi connectivity index (χ0) is 59.2. The van der Waals surface area contributed by atoms with Crippen LogP contribution in [0.3, 0.4) is 0 Å². The lowest BCUT2D eigenvalue weighted by atomic mass is 10.0. The molecule has 0 bridgehead atoms. The normalized spacial score (nSPS) is 12.9. The Hall–Kier alpha value is -4.19. The molecule has 0 aliphatic rings. The van der Waals surface area contributed by atoms with Crippen molar-refractivity contribution in [2.24, 2.45) is 0 Å². The highest BCUT2D eigenvalue weighted by Crippen LogP contribution is 2.17. The van der Waals surface area contributed by atoms with Gasteiger partial charge < -0.3 is 14.2 Å².